The van der Waals surface area contributed by atoms with E-state index >= 15 is 0 Å². The number of benzene rings is 1. The lowest BCUT2D eigenvalue weighted by molar-refractivity contribution is -0.123. The Bertz CT molecular complexity index is 623. The second kappa shape index (κ2) is 4.63. The minimum atomic E-state index is -4.26. The third-order valence-corrected chi connectivity index (χ3v) is 3.84. The molecule has 102 valence electrons. The van der Waals surface area contributed by atoms with Crippen molar-refractivity contribution >= 4 is 27.6 Å². The lowest BCUT2D eigenvalue weighted by Crippen LogP contribution is -2.28. The second-order valence-corrected chi connectivity index (χ2v) is 5.70. The summed E-state index contributed by atoms with van der Waals surface area (Å²) >= 11 is 0. The number of carbonyl (C=O) groups is 2. The Kier molecular flexibility index (Phi) is 3.29. The predicted octanol–water partition coefficient (Wildman–Crippen LogP) is -0.228. The van der Waals surface area contributed by atoms with Gasteiger partial charge >= 0.3 is 0 Å². The summed E-state index contributed by atoms with van der Waals surface area (Å²) in [7, 11) is -4.26. The first-order valence-corrected chi connectivity index (χ1v) is 6.90. The molecule has 0 saturated carbocycles. The van der Waals surface area contributed by atoms with Gasteiger partial charge < -0.3 is 10.6 Å². The molecule has 8 heteroatoms. The summed E-state index contributed by atoms with van der Waals surface area (Å²) < 4.78 is 30.6. The fourth-order valence-electron chi connectivity index (χ4n) is 1.95. The molecule has 2 rings (SSSR count). The Balaban J connectivity index is 2.24. The highest BCUT2D eigenvalue weighted by molar-refractivity contribution is 7.85. The molecule has 3 N–H and O–H groups in total. The van der Waals surface area contributed by atoms with Crippen LogP contribution in [0.4, 0.5) is 5.69 Å². The Morgan fingerprint density at radius 3 is 2.32 bits per heavy atom. The van der Waals surface area contributed by atoms with Gasteiger partial charge in [0, 0.05) is 18.7 Å². The van der Waals surface area contributed by atoms with Crippen LogP contribution < -0.4 is 10.6 Å². The first-order chi connectivity index (χ1) is 8.79. The fraction of sp³-hybridized carbons (Fsp3) is 0.273. The molecule has 0 spiro atoms. The first-order valence-electron chi connectivity index (χ1n) is 5.46. The summed E-state index contributed by atoms with van der Waals surface area (Å²) in [6.07, 6.45) is 0.0510. The van der Waals surface area contributed by atoms with E-state index in [9.17, 15) is 18.0 Å². The quantitative estimate of drug-likeness (QED) is 0.743. The van der Waals surface area contributed by atoms with Gasteiger partial charge in [0.1, 0.15) is 0 Å². The van der Waals surface area contributed by atoms with Gasteiger partial charge in [0.2, 0.25) is 11.8 Å². The van der Waals surface area contributed by atoms with Gasteiger partial charge in [-0.3, -0.25) is 14.1 Å². The predicted molar refractivity (Wildman–Crippen MR) is 65.9 cm³/mol. The average molecular weight is 284 g/mol. The summed E-state index contributed by atoms with van der Waals surface area (Å²) in [5, 5.41) is 0. The Morgan fingerprint density at radius 1 is 1.32 bits per heavy atom. The monoisotopic (exact) mass is 284 g/mol. The van der Waals surface area contributed by atoms with Gasteiger partial charge in [-0.1, -0.05) is 0 Å². The molecule has 1 aliphatic rings. The molecule has 0 bridgehead atoms. The van der Waals surface area contributed by atoms with Crippen molar-refractivity contribution in [1.29, 1.82) is 0 Å². The van der Waals surface area contributed by atoms with E-state index in [4.69, 9.17) is 10.3 Å². The van der Waals surface area contributed by atoms with E-state index in [1.54, 1.807) is 0 Å². The molecule has 19 heavy (non-hydrogen) atoms. The number of anilines is 1. The molecule has 0 aromatic heterocycles. The number of nitrogens with zero attached hydrogens (tertiary/aromatic N) is 1. The molecule has 1 saturated heterocycles. The molecule has 1 heterocycles. The highest BCUT2D eigenvalue weighted by Gasteiger charge is 2.33. The SMILES string of the molecule is NC(=O)C1CC(=O)N(c2ccc(S(=O)(=O)O)cc2)C1. The van der Waals surface area contributed by atoms with Gasteiger partial charge in [-0.15, -0.1) is 0 Å². The summed E-state index contributed by atoms with van der Waals surface area (Å²) in [5.41, 5.74) is 5.61. The van der Waals surface area contributed by atoms with Crippen molar-refractivity contribution in [3.8, 4) is 0 Å². The molecular formula is C11H12N2O5S. The van der Waals surface area contributed by atoms with E-state index in [0.29, 0.717) is 5.69 Å². The summed E-state index contributed by atoms with van der Waals surface area (Å²) in [5.74, 6) is -1.32. The molecule has 0 aliphatic carbocycles. The van der Waals surface area contributed by atoms with Gasteiger partial charge in [0.15, 0.2) is 0 Å². The summed E-state index contributed by atoms with van der Waals surface area (Å²) in [6, 6.07) is 5.17. The van der Waals surface area contributed by atoms with Gasteiger partial charge in [-0.05, 0) is 24.3 Å². The van der Waals surface area contributed by atoms with Crippen LogP contribution in [0.5, 0.6) is 0 Å². The summed E-state index contributed by atoms with van der Waals surface area (Å²) in [6.45, 7) is 0.180. The van der Waals surface area contributed by atoms with E-state index in [0.717, 1.165) is 0 Å². The smallest absolute Gasteiger partial charge is 0.294 e. The van der Waals surface area contributed by atoms with E-state index in [2.05, 4.69) is 0 Å². The average Bonchev–Trinajstić information content (AvgIpc) is 2.70. The summed E-state index contributed by atoms with van der Waals surface area (Å²) in [4.78, 5) is 23.9. The van der Waals surface area contributed by atoms with Gasteiger partial charge in [0.05, 0.1) is 10.8 Å². The normalized spacial score (nSPS) is 19.7. The maximum atomic E-state index is 11.7. The van der Waals surface area contributed by atoms with Crippen molar-refractivity contribution in [2.24, 2.45) is 11.7 Å². The van der Waals surface area contributed by atoms with Crippen molar-refractivity contribution in [2.45, 2.75) is 11.3 Å². The number of rotatable bonds is 3. The second-order valence-electron chi connectivity index (χ2n) is 4.28. The number of amides is 2. The zero-order chi connectivity index (χ0) is 14.2. The van der Waals surface area contributed by atoms with Gasteiger partial charge in [-0.2, -0.15) is 8.42 Å². The zero-order valence-electron chi connectivity index (χ0n) is 9.81. The van der Waals surface area contributed by atoms with E-state index in [1.807, 2.05) is 0 Å². The largest absolute Gasteiger partial charge is 0.369 e. The topological polar surface area (TPSA) is 118 Å². The molecule has 1 aromatic carbocycles. The Labute approximate surface area is 109 Å². The number of hydrogen-bond donors (Lipinski definition) is 2. The molecule has 0 radical (unpaired) electrons. The van der Waals surface area contributed by atoms with Crippen LogP contribution in [0.2, 0.25) is 0 Å². The Morgan fingerprint density at radius 2 is 1.89 bits per heavy atom. The molecule has 1 aliphatic heterocycles. The van der Waals surface area contributed by atoms with Crippen molar-refractivity contribution in [3.05, 3.63) is 24.3 Å². The van der Waals surface area contributed by atoms with Gasteiger partial charge in [0.25, 0.3) is 10.1 Å². The standard InChI is InChI=1S/C11H12N2O5S/c12-11(15)7-5-10(14)13(6-7)8-1-3-9(4-2-8)19(16,17)18/h1-4,7H,5-6H2,(H2,12,15)(H,16,17,18). The van der Waals surface area contributed by atoms with Crippen LogP contribution in [-0.4, -0.2) is 31.3 Å². The number of carbonyl (C=O) groups excluding carboxylic acids is 2. The molecule has 1 unspecified atom stereocenters. The minimum absolute atomic E-state index is 0.0510. The molecule has 1 fully saturated rings. The highest BCUT2D eigenvalue weighted by atomic mass is 32.2. The van der Waals surface area contributed by atoms with Crippen LogP contribution in [0, 0.1) is 5.92 Å². The first kappa shape index (κ1) is 13.5. The molecule has 7 nitrogen and oxygen atoms in total. The van der Waals surface area contributed by atoms with E-state index in [1.165, 1.54) is 29.2 Å². The van der Waals surface area contributed by atoms with Crippen molar-refractivity contribution in [1.82, 2.24) is 0 Å². The van der Waals surface area contributed by atoms with Crippen LogP contribution in [-0.2, 0) is 19.7 Å². The fourth-order valence-corrected chi connectivity index (χ4v) is 2.43. The zero-order valence-corrected chi connectivity index (χ0v) is 10.6. The van der Waals surface area contributed by atoms with E-state index in [-0.39, 0.29) is 23.8 Å². The van der Waals surface area contributed by atoms with Crippen LogP contribution >= 0.6 is 0 Å². The van der Waals surface area contributed by atoms with Crippen molar-refractivity contribution in [2.75, 3.05) is 11.4 Å². The minimum Gasteiger partial charge on any atom is -0.369 e. The molecule has 1 aromatic rings. The van der Waals surface area contributed by atoms with Crippen molar-refractivity contribution in [3.63, 3.8) is 0 Å². The van der Waals surface area contributed by atoms with Crippen LogP contribution in [0.3, 0.4) is 0 Å². The molecule has 1 atom stereocenters. The number of hydrogen-bond acceptors (Lipinski definition) is 4. The third kappa shape index (κ3) is 2.74. The van der Waals surface area contributed by atoms with Crippen LogP contribution in [0.1, 0.15) is 6.42 Å². The number of nitrogens with two attached hydrogens (primary N) is 1. The lowest BCUT2D eigenvalue weighted by atomic mass is 10.1. The maximum Gasteiger partial charge on any atom is 0.294 e. The van der Waals surface area contributed by atoms with Gasteiger partial charge in [-0.25, -0.2) is 0 Å². The van der Waals surface area contributed by atoms with Crippen LogP contribution in [0.15, 0.2) is 29.2 Å². The maximum absolute atomic E-state index is 11.7. The lowest BCUT2D eigenvalue weighted by Gasteiger charge is -2.16. The van der Waals surface area contributed by atoms with E-state index < -0.39 is 21.9 Å². The third-order valence-electron chi connectivity index (χ3n) is 2.97. The molecular weight excluding hydrogens is 272 g/mol. The number of primary amides is 1. The Hall–Kier alpha value is -1.93. The van der Waals surface area contributed by atoms with Crippen LogP contribution in [0.25, 0.3) is 0 Å². The highest BCUT2D eigenvalue weighted by Crippen LogP contribution is 2.25. The van der Waals surface area contributed by atoms with Crippen molar-refractivity contribution < 1.29 is 22.6 Å². The molecule has 2 amide bonds.